The van der Waals surface area contributed by atoms with E-state index in [0.29, 0.717) is 13.1 Å². The molecule has 2 aromatic heterocycles. The molecular weight excluding hydrogens is 270 g/mol. The van der Waals surface area contributed by atoms with Crippen molar-refractivity contribution < 1.29 is 9.90 Å². The number of anilines is 1. The van der Waals surface area contributed by atoms with Crippen molar-refractivity contribution in [3.8, 4) is 0 Å². The van der Waals surface area contributed by atoms with Crippen molar-refractivity contribution in [3.63, 3.8) is 0 Å². The average molecular weight is 287 g/mol. The number of rotatable bonds is 2. The molecule has 110 valence electrons. The lowest BCUT2D eigenvalue weighted by atomic mass is 9.98. The minimum absolute atomic E-state index is 0.275. The molecule has 1 fully saturated rings. The van der Waals surface area contributed by atoms with Gasteiger partial charge in [0.1, 0.15) is 5.82 Å². The normalized spacial score (nSPS) is 19.1. The van der Waals surface area contributed by atoms with Gasteiger partial charge in [0.25, 0.3) is 0 Å². The van der Waals surface area contributed by atoms with Crippen LogP contribution in [0.5, 0.6) is 0 Å². The van der Waals surface area contributed by atoms with E-state index in [1.54, 1.807) is 6.20 Å². The molecule has 2 aliphatic rings. The van der Waals surface area contributed by atoms with E-state index < -0.39 is 5.97 Å². The highest BCUT2D eigenvalue weighted by Gasteiger charge is 2.36. The fraction of sp³-hybridized carbons (Fsp3) is 0.500. The lowest BCUT2D eigenvalue weighted by Gasteiger charge is -2.39. The second-order valence-corrected chi connectivity index (χ2v) is 5.65. The standard InChI is InChI=1S/C14H17N5O2/c20-14(21)9-7-18(8-9)13-10-1-4-15-5-2-11(10)17-12-3-6-16-19(12)13/h3,6,9,15H,1-2,4-5,7-8H2,(H,20,21). The summed E-state index contributed by atoms with van der Waals surface area (Å²) in [5, 5.41) is 16.8. The second-order valence-electron chi connectivity index (χ2n) is 5.65. The molecule has 0 aromatic carbocycles. The van der Waals surface area contributed by atoms with Crippen LogP contribution in [-0.4, -0.2) is 51.9 Å². The van der Waals surface area contributed by atoms with E-state index in [4.69, 9.17) is 10.1 Å². The van der Waals surface area contributed by atoms with Gasteiger partial charge in [-0.25, -0.2) is 4.98 Å². The van der Waals surface area contributed by atoms with Gasteiger partial charge < -0.3 is 15.3 Å². The summed E-state index contributed by atoms with van der Waals surface area (Å²) in [5.74, 6) is 0.0364. The Hall–Kier alpha value is -2.15. The van der Waals surface area contributed by atoms with Crippen molar-refractivity contribution in [3.05, 3.63) is 23.5 Å². The van der Waals surface area contributed by atoms with Crippen LogP contribution >= 0.6 is 0 Å². The van der Waals surface area contributed by atoms with Crippen molar-refractivity contribution in [2.45, 2.75) is 12.8 Å². The molecule has 0 unspecified atom stereocenters. The number of hydrogen-bond donors (Lipinski definition) is 2. The maximum Gasteiger partial charge on any atom is 0.310 e. The van der Waals surface area contributed by atoms with E-state index in [2.05, 4.69) is 15.3 Å². The summed E-state index contributed by atoms with van der Waals surface area (Å²) in [7, 11) is 0. The Morgan fingerprint density at radius 3 is 2.95 bits per heavy atom. The molecule has 1 saturated heterocycles. The van der Waals surface area contributed by atoms with E-state index in [-0.39, 0.29) is 5.92 Å². The highest BCUT2D eigenvalue weighted by Crippen LogP contribution is 2.31. The number of nitrogens with zero attached hydrogens (tertiary/aromatic N) is 4. The summed E-state index contributed by atoms with van der Waals surface area (Å²) in [4.78, 5) is 17.9. The molecule has 0 saturated carbocycles. The van der Waals surface area contributed by atoms with E-state index in [1.165, 1.54) is 5.56 Å². The Labute approximate surface area is 121 Å². The Kier molecular flexibility index (Phi) is 2.81. The molecule has 0 amide bonds. The fourth-order valence-electron chi connectivity index (χ4n) is 3.15. The maximum absolute atomic E-state index is 11.0. The first kappa shape index (κ1) is 12.6. The van der Waals surface area contributed by atoms with E-state index in [9.17, 15) is 4.79 Å². The molecule has 7 heteroatoms. The topological polar surface area (TPSA) is 82.8 Å². The SMILES string of the molecule is O=C(O)C1CN(c2c3c(nc4ccnn24)CCNCC3)C1. The molecule has 0 bridgehead atoms. The molecule has 4 rings (SSSR count). The van der Waals surface area contributed by atoms with Crippen LogP contribution in [0.3, 0.4) is 0 Å². The van der Waals surface area contributed by atoms with Crippen LogP contribution in [-0.2, 0) is 17.6 Å². The minimum Gasteiger partial charge on any atom is -0.481 e. The van der Waals surface area contributed by atoms with Gasteiger partial charge in [0.15, 0.2) is 5.65 Å². The van der Waals surface area contributed by atoms with E-state index in [1.807, 2.05) is 10.6 Å². The zero-order valence-electron chi connectivity index (χ0n) is 11.6. The average Bonchev–Trinajstić information content (AvgIpc) is 2.73. The monoisotopic (exact) mass is 287 g/mol. The van der Waals surface area contributed by atoms with Crippen LogP contribution in [0.25, 0.3) is 5.65 Å². The number of carbonyl (C=O) groups is 1. The molecule has 4 heterocycles. The summed E-state index contributed by atoms with van der Waals surface area (Å²) in [6.45, 7) is 2.95. The number of nitrogens with one attached hydrogen (secondary N) is 1. The number of aromatic nitrogens is 3. The largest absolute Gasteiger partial charge is 0.481 e. The summed E-state index contributed by atoms with van der Waals surface area (Å²) in [6.07, 6.45) is 3.56. The molecule has 0 atom stereocenters. The molecule has 0 spiro atoms. The zero-order chi connectivity index (χ0) is 14.4. The first-order chi connectivity index (χ1) is 10.2. The molecular formula is C14H17N5O2. The fourth-order valence-corrected chi connectivity index (χ4v) is 3.15. The highest BCUT2D eigenvalue weighted by molar-refractivity contribution is 5.75. The maximum atomic E-state index is 11.0. The zero-order valence-corrected chi connectivity index (χ0v) is 11.6. The van der Waals surface area contributed by atoms with Crippen LogP contribution in [0.4, 0.5) is 5.82 Å². The predicted molar refractivity (Wildman–Crippen MR) is 76.6 cm³/mol. The molecule has 2 N–H and O–H groups in total. The molecule has 7 nitrogen and oxygen atoms in total. The van der Waals surface area contributed by atoms with Crippen molar-refractivity contribution in [2.75, 3.05) is 31.1 Å². The number of fused-ring (bicyclic) bond motifs is 2. The quantitative estimate of drug-likeness (QED) is 0.805. The molecule has 0 radical (unpaired) electrons. The van der Waals surface area contributed by atoms with Gasteiger partial charge in [-0.1, -0.05) is 0 Å². The predicted octanol–water partition coefficient (Wildman–Crippen LogP) is -0.0617. The number of aliphatic carboxylic acids is 1. The van der Waals surface area contributed by atoms with Crippen molar-refractivity contribution in [2.24, 2.45) is 5.92 Å². The van der Waals surface area contributed by atoms with E-state index >= 15 is 0 Å². The molecule has 21 heavy (non-hydrogen) atoms. The molecule has 0 aliphatic carbocycles. The third kappa shape index (κ3) is 1.96. The van der Waals surface area contributed by atoms with Crippen LogP contribution in [0, 0.1) is 5.92 Å². The van der Waals surface area contributed by atoms with Gasteiger partial charge in [-0.15, -0.1) is 0 Å². The van der Waals surface area contributed by atoms with Crippen LogP contribution in [0.1, 0.15) is 11.3 Å². The van der Waals surface area contributed by atoms with Gasteiger partial charge in [-0.2, -0.15) is 9.61 Å². The minimum atomic E-state index is -0.718. The Morgan fingerprint density at radius 1 is 1.33 bits per heavy atom. The Morgan fingerprint density at radius 2 is 2.14 bits per heavy atom. The lowest BCUT2D eigenvalue weighted by molar-refractivity contribution is -0.142. The summed E-state index contributed by atoms with van der Waals surface area (Å²) in [6, 6.07) is 1.90. The highest BCUT2D eigenvalue weighted by atomic mass is 16.4. The van der Waals surface area contributed by atoms with Crippen molar-refractivity contribution in [1.82, 2.24) is 19.9 Å². The Bertz CT molecular complexity index is 705. The Balaban J connectivity index is 1.80. The van der Waals surface area contributed by atoms with Gasteiger partial charge >= 0.3 is 5.97 Å². The third-order valence-corrected chi connectivity index (χ3v) is 4.31. The van der Waals surface area contributed by atoms with Crippen molar-refractivity contribution >= 4 is 17.4 Å². The lowest BCUT2D eigenvalue weighted by Crippen LogP contribution is -2.51. The first-order valence-electron chi connectivity index (χ1n) is 7.28. The van der Waals surface area contributed by atoms with Crippen LogP contribution in [0.2, 0.25) is 0 Å². The number of carboxylic acid groups (broad SMARTS) is 1. The summed E-state index contributed by atoms with van der Waals surface area (Å²) in [5.41, 5.74) is 3.16. The van der Waals surface area contributed by atoms with Crippen molar-refractivity contribution in [1.29, 1.82) is 0 Å². The van der Waals surface area contributed by atoms with Gasteiger partial charge in [-0.3, -0.25) is 4.79 Å². The first-order valence-corrected chi connectivity index (χ1v) is 7.28. The molecule has 2 aromatic rings. The molecule has 2 aliphatic heterocycles. The van der Waals surface area contributed by atoms with E-state index in [0.717, 1.165) is 43.1 Å². The summed E-state index contributed by atoms with van der Waals surface area (Å²) < 4.78 is 1.85. The number of hydrogen-bond acceptors (Lipinski definition) is 5. The number of carboxylic acids is 1. The smallest absolute Gasteiger partial charge is 0.310 e. The van der Waals surface area contributed by atoms with Crippen LogP contribution in [0.15, 0.2) is 12.3 Å². The second kappa shape index (κ2) is 4.70. The third-order valence-electron chi connectivity index (χ3n) is 4.31. The van der Waals surface area contributed by atoms with Gasteiger partial charge in [0.05, 0.1) is 17.8 Å². The van der Waals surface area contributed by atoms with Crippen LogP contribution < -0.4 is 10.2 Å². The van der Waals surface area contributed by atoms with Gasteiger partial charge in [-0.05, 0) is 13.0 Å². The van der Waals surface area contributed by atoms with Gasteiger partial charge in [0, 0.05) is 37.7 Å². The van der Waals surface area contributed by atoms with Gasteiger partial charge in [0.2, 0.25) is 0 Å². The summed E-state index contributed by atoms with van der Waals surface area (Å²) >= 11 is 0.